The van der Waals surface area contributed by atoms with Gasteiger partial charge in [-0.2, -0.15) is 0 Å². The highest BCUT2D eigenvalue weighted by Gasteiger charge is 2.30. The number of fused-ring (bicyclic) bond motifs is 1. The van der Waals surface area contributed by atoms with Gasteiger partial charge in [-0.25, -0.2) is 0 Å². The third kappa shape index (κ3) is 4.21. The first-order valence-electron chi connectivity index (χ1n) is 10.4. The van der Waals surface area contributed by atoms with Crippen molar-refractivity contribution < 1.29 is 14.3 Å². The van der Waals surface area contributed by atoms with Gasteiger partial charge in [-0.15, -0.1) is 0 Å². The second kappa shape index (κ2) is 8.92. The van der Waals surface area contributed by atoms with E-state index in [1.807, 2.05) is 66.4 Å². The van der Waals surface area contributed by atoms with Gasteiger partial charge >= 0.3 is 5.97 Å². The third-order valence-corrected chi connectivity index (χ3v) is 5.94. The van der Waals surface area contributed by atoms with E-state index in [4.69, 9.17) is 16.3 Å². The first-order valence-corrected chi connectivity index (χ1v) is 10.7. The van der Waals surface area contributed by atoms with Gasteiger partial charge in [-0.1, -0.05) is 41.9 Å². The van der Waals surface area contributed by atoms with E-state index in [1.54, 1.807) is 0 Å². The predicted molar refractivity (Wildman–Crippen MR) is 118 cm³/mol. The molecule has 0 bridgehead atoms. The van der Waals surface area contributed by atoms with Gasteiger partial charge in [0.1, 0.15) is 5.69 Å². The normalized spacial score (nSPS) is 14.8. The van der Waals surface area contributed by atoms with Crippen LogP contribution in [0.25, 0.3) is 10.9 Å². The van der Waals surface area contributed by atoms with Gasteiger partial charge in [0.15, 0.2) is 0 Å². The molecule has 1 saturated heterocycles. The topological polar surface area (TPSA) is 51.5 Å². The second-order valence-corrected chi connectivity index (χ2v) is 8.06. The summed E-state index contributed by atoms with van der Waals surface area (Å²) in [5.74, 6) is -0.266. The van der Waals surface area contributed by atoms with E-state index in [1.165, 1.54) is 0 Å². The number of benzene rings is 2. The van der Waals surface area contributed by atoms with Crippen molar-refractivity contribution in [2.24, 2.45) is 5.92 Å². The van der Waals surface area contributed by atoms with Crippen molar-refractivity contribution in [1.82, 2.24) is 9.47 Å². The fourth-order valence-corrected chi connectivity index (χ4v) is 4.20. The number of rotatable bonds is 5. The number of carbonyl (C=O) groups excluding carboxylic acids is 2. The number of amides is 1. The van der Waals surface area contributed by atoms with Crippen LogP contribution < -0.4 is 0 Å². The first kappa shape index (κ1) is 20.5. The zero-order valence-corrected chi connectivity index (χ0v) is 17.8. The van der Waals surface area contributed by atoms with Gasteiger partial charge in [0.2, 0.25) is 0 Å². The van der Waals surface area contributed by atoms with Crippen LogP contribution in [-0.4, -0.2) is 41.0 Å². The Balaban J connectivity index is 1.58. The van der Waals surface area contributed by atoms with Crippen molar-refractivity contribution in [3.63, 3.8) is 0 Å². The van der Waals surface area contributed by atoms with Crippen LogP contribution in [0.4, 0.5) is 0 Å². The van der Waals surface area contributed by atoms with Crippen LogP contribution in [0.15, 0.2) is 54.6 Å². The summed E-state index contributed by atoms with van der Waals surface area (Å²) in [6.45, 7) is 3.92. The quantitative estimate of drug-likeness (QED) is 0.555. The first-order chi connectivity index (χ1) is 14.6. The lowest BCUT2D eigenvalue weighted by Gasteiger charge is -2.31. The average molecular weight is 425 g/mol. The average Bonchev–Trinajstić information content (AvgIpc) is 3.13. The molecule has 0 spiro atoms. The van der Waals surface area contributed by atoms with Crippen LogP contribution in [0.5, 0.6) is 0 Å². The monoisotopic (exact) mass is 424 g/mol. The molecule has 0 N–H and O–H groups in total. The summed E-state index contributed by atoms with van der Waals surface area (Å²) in [5, 5.41) is 1.73. The Morgan fingerprint density at radius 3 is 2.47 bits per heavy atom. The Hall–Kier alpha value is -2.79. The minimum absolute atomic E-state index is 0.00229. The number of halogens is 1. The number of hydrogen-bond acceptors (Lipinski definition) is 3. The van der Waals surface area contributed by atoms with Crippen molar-refractivity contribution in [2.45, 2.75) is 26.3 Å². The minimum atomic E-state index is -0.151. The van der Waals surface area contributed by atoms with Gasteiger partial charge in [-0.05, 0) is 49.6 Å². The lowest BCUT2D eigenvalue weighted by atomic mass is 9.97. The fraction of sp³-hybridized carbons (Fsp3) is 0.333. The lowest BCUT2D eigenvalue weighted by molar-refractivity contribution is -0.149. The number of hydrogen-bond donors (Lipinski definition) is 0. The minimum Gasteiger partial charge on any atom is -0.466 e. The molecular weight excluding hydrogens is 400 g/mol. The molecule has 156 valence electrons. The molecule has 1 aromatic heterocycles. The summed E-state index contributed by atoms with van der Waals surface area (Å²) < 4.78 is 7.21. The van der Waals surface area contributed by atoms with Crippen LogP contribution >= 0.6 is 11.6 Å². The van der Waals surface area contributed by atoms with E-state index >= 15 is 0 Å². The van der Waals surface area contributed by atoms with Crippen molar-refractivity contribution in [1.29, 1.82) is 0 Å². The molecule has 1 amide bonds. The lowest BCUT2D eigenvalue weighted by Crippen LogP contribution is -2.41. The van der Waals surface area contributed by atoms with Crippen molar-refractivity contribution >= 4 is 34.4 Å². The van der Waals surface area contributed by atoms with Gasteiger partial charge < -0.3 is 14.2 Å². The Morgan fingerprint density at radius 1 is 1.07 bits per heavy atom. The van der Waals surface area contributed by atoms with E-state index in [9.17, 15) is 9.59 Å². The molecule has 5 nitrogen and oxygen atoms in total. The molecule has 1 aliphatic heterocycles. The predicted octanol–water partition coefficient (Wildman–Crippen LogP) is 4.76. The van der Waals surface area contributed by atoms with Gasteiger partial charge in [0.25, 0.3) is 5.91 Å². The van der Waals surface area contributed by atoms with Crippen LogP contribution in [0.3, 0.4) is 0 Å². The van der Waals surface area contributed by atoms with E-state index in [0.717, 1.165) is 16.5 Å². The zero-order valence-electron chi connectivity index (χ0n) is 17.0. The Bertz CT molecular complexity index is 1050. The summed E-state index contributed by atoms with van der Waals surface area (Å²) in [5.41, 5.74) is 2.77. The molecule has 0 aliphatic carbocycles. The highest BCUT2D eigenvalue weighted by atomic mass is 35.5. The number of carbonyl (C=O) groups is 2. The SMILES string of the molecule is CCOC(=O)C1CCN(C(=O)c2cc3ccccc3n2Cc2ccc(Cl)cc2)CC1. The molecule has 6 heteroatoms. The van der Waals surface area contributed by atoms with Crippen molar-refractivity contribution in [3.05, 3.63) is 70.9 Å². The van der Waals surface area contributed by atoms with Crippen LogP contribution in [-0.2, 0) is 16.1 Å². The van der Waals surface area contributed by atoms with Gasteiger partial charge in [0, 0.05) is 35.6 Å². The summed E-state index contributed by atoms with van der Waals surface area (Å²) in [7, 11) is 0. The van der Waals surface area contributed by atoms with Crippen LogP contribution in [0.2, 0.25) is 5.02 Å². The number of aromatic nitrogens is 1. The number of para-hydroxylation sites is 1. The number of piperidine rings is 1. The number of ether oxygens (including phenoxy) is 1. The van der Waals surface area contributed by atoms with Crippen LogP contribution in [0.1, 0.15) is 35.8 Å². The molecular formula is C24H25ClN2O3. The number of esters is 1. The highest BCUT2D eigenvalue weighted by molar-refractivity contribution is 6.30. The van der Waals surface area contributed by atoms with Crippen molar-refractivity contribution in [3.8, 4) is 0 Å². The largest absolute Gasteiger partial charge is 0.466 e. The molecule has 1 aliphatic rings. The fourth-order valence-electron chi connectivity index (χ4n) is 4.07. The number of nitrogens with zero attached hydrogens (tertiary/aromatic N) is 2. The van der Waals surface area contributed by atoms with E-state index in [-0.39, 0.29) is 17.8 Å². The molecule has 4 rings (SSSR count). The molecule has 1 fully saturated rings. The maximum Gasteiger partial charge on any atom is 0.309 e. The van der Waals surface area contributed by atoms with E-state index < -0.39 is 0 Å². The molecule has 2 heterocycles. The molecule has 0 atom stereocenters. The standard InChI is InChI=1S/C24H25ClN2O3/c1-2-30-24(29)18-11-13-26(14-12-18)23(28)22-15-19-5-3-4-6-21(19)27(22)16-17-7-9-20(25)10-8-17/h3-10,15,18H,2,11-14,16H2,1H3. The maximum absolute atomic E-state index is 13.4. The highest BCUT2D eigenvalue weighted by Crippen LogP contribution is 2.25. The van der Waals surface area contributed by atoms with Gasteiger partial charge in [0.05, 0.1) is 12.5 Å². The summed E-state index contributed by atoms with van der Waals surface area (Å²) in [6, 6.07) is 17.7. The Labute approximate surface area is 181 Å². The molecule has 0 saturated carbocycles. The maximum atomic E-state index is 13.4. The molecule has 0 radical (unpaired) electrons. The molecule has 30 heavy (non-hydrogen) atoms. The second-order valence-electron chi connectivity index (χ2n) is 7.62. The van der Waals surface area contributed by atoms with E-state index in [0.29, 0.717) is 49.8 Å². The molecule has 3 aromatic rings. The van der Waals surface area contributed by atoms with E-state index in [2.05, 4.69) is 4.57 Å². The number of likely N-dealkylation sites (tertiary alicyclic amines) is 1. The molecule has 0 unspecified atom stereocenters. The smallest absolute Gasteiger partial charge is 0.309 e. The summed E-state index contributed by atoms with van der Waals surface area (Å²) in [6.07, 6.45) is 1.28. The molecule has 2 aromatic carbocycles. The Morgan fingerprint density at radius 2 is 1.77 bits per heavy atom. The Kier molecular flexibility index (Phi) is 6.09. The zero-order chi connectivity index (χ0) is 21.1. The summed E-state index contributed by atoms with van der Waals surface area (Å²) in [4.78, 5) is 27.3. The van der Waals surface area contributed by atoms with Crippen LogP contribution in [0, 0.1) is 5.92 Å². The third-order valence-electron chi connectivity index (χ3n) is 5.69. The van der Waals surface area contributed by atoms with Gasteiger partial charge in [-0.3, -0.25) is 9.59 Å². The summed E-state index contributed by atoms with van der Waals surface area (Å²) >= 11 is 6.03. The van der Waals surface area contributed by atoms with Crippen molar-refractivity contribution in [2.75, 3.05) is 19.7 Å².